The molecule has 0 N–H and O–H groups in total. The molecular weight excluding hydrogens is 452 g/mol. The largest absolute Gasteiger partial charge is 0.486 e. The molecule has 2 aliphatic heterocycles. The number of rotatable bonds is 6. The Balaban J connectivity index is 1.45. The molecule has 0 bridgehead atoms. The van der Waals surface area contributed by atoms with E-state index < -0.39 is 26.2 Å². The third-order valence-corrected chi connectivity index (χ3v) is 9.69. The van der Waals surface area contributed by atoms with Crippen molar-refractivity contribution in [2.24, 2.45) is 5.92 Å². The zero-order chi connectivity index (χ0) is 22.9. The number of sulfonamides is 2. The average Bonchev–Trinajstić information content (AvgIpc) is 2.79. The zero-order valence-electron chi connectivity index (χ0n) is 18.2. The van der Waals surface area contributed by atoms with E-state index in [4.69, 9.17) is 9.47 Å². The molecule has 2 aromatic rings. The second-order valence-corrected chi connectivity index (χ2v) is 12.3. The minimum Gasteiger partial charge on any atom is -0.486 e. The summed E-state index contributed by atoms with van der Waals surface area (Å²) in [7, 11) is -5.98. The molecule has 2 aliphatic rings. The number of benzene rings is 2. The molecule has 174 valence electrons. The van der Waals surface area contributed by atoms with E-state index >= 15 is 0 Å². The van der Waals surface area contributed by atoms with Crippen LogP contribution < -0.4 is 9.47 Å². The van der Waals surface area contributed by atoms with Gasteiger partial charge in [-0.05, 0) is 55.2 Å². The molecule has 0 aromatic heterocycles. The quantitative estimate of drug-likeness (QED) is 0.631. The first-order chi connectivity index (χ1) is 15.2. The number of ether oxygens (including phenoxy) is 2. The van der Waals surface area contributed by atoms with Gasteiger partial charge in [0.05, 0.1) is 16.3 Å². The fourth-order valence-electron chi connectivity index (χ4n) is 3.88. The summed E-state index contributed by atoms with van der Waals surface area (Å²) < 4.78 is 66.0. The predicted octanol–water partition coefficient (Wildman–Crippen LogP) is 2.57. The van der Waals surface area contributed by atoms with E-state index in [-0.39, 0.29) is 22.9 Å². The van der Waals surface area contributed by atoms with Crippen LogP contribution in [0.1, 0.15) is 19.8 Å². The maximum Gasteiger partial charge on any atom is 0.243 e. The smallest absolute Gasteiger partial charge is 0.243 e. The van der Waals surface area contributed by atoms with E-state index in [1.165, 1.54) is 39.9 Å². The molecule has 2 heterocycles. The van der Waals surface area contributed by atoms with E-state index in [0.717, 1.165) is 12.8 Å². The molecule has 0 spiro atoms. The molecule has 8 nitrogen and oxygen atoms in total. The highest BCUT2D eigenvalue weighted by atomic mass is 32.2. The summed E-state index contributed by atoms with van der Waals surface area (Å²) in [5.41, 5.74) is 0. The van der Waals surface area contributed by atoms with Crippen LogP contribution >= 0.6 is 0 Å². The fourth-order valence-corrected chi connectivity index (χ4v) is 6.55. The van der Waals surface area contributed by atoms with Gasteiger partial charge >= 0.3 is 0 Å². The van der Waals surface area contributed by atoms with Crippen LogP contribution in [0.2, 0.25) is 0 Å². The van der Waals surface area contributed by atoms with Crippen LogP contribution in [-0.4, -0.2) is 64.8 Å². The molecule has 4 rings (SSSR count). The number of likely N-dealkylation sites (N-methyl/N-ethyl adjacent to an activating group) is 1. The normalized spacial score (nSPS) is 20.4. The summed E-state index contributed by atoms with van der Waals surface area (Å²) >= 11 is 0. The molecule has 0 amide bonds. The van der Waals surface area contributed by atoms with Crippen molar-refractivity contribution < 1.29 is 26.3 Å². The van der Waals surface area contributed by atoms with Gasteiger partial charge in [-0.1, -0.05) is 19.1 Å². The number of nitrogens with zero attached hydrogens (tertiary/aromatic N) is 2. The second kappa shape index (κ2) is 9.01. The lowest BCUT2D eigenvalue weighted by atomic mass is 10.0. The minimum absolute atomic E-state index is 0.0309. The molecule has 32 heavy (non-hydrogen) atoms. The van der Waals surface area contributed by atoms with E-state index in [9.17, 15) is 16.8 Å². The molecule has 0 aliphatic carbocycles. The van der Waals surface area contributed by atoms with Crippen LogP contribution in [0.3, 0.4) is 0 Å². The van der Waals surface area contributed by atoms with Crippen molar-refractivity contribution >= 4 is 20.0 Å². The number of hydrogen-bond donors (Lipinski definition) is 0. The van der Waals surface area contributed by atoms with Gasteiger partial charge in [0.1, 0.15) is 12.7 Å². The van der Waals surface area contributed by atoms with Crippen LogP contribution in [0.5, 0.6) is 11.5 Å². The summed E-state index contributed by atoms with van der Waals surface area (Å²) in [5, 5.41) is 0. The molecule has 10 heteroatoms. The fraction of sp³-hybridized carbons (Fsp3) is 0.455. The molecule has 1 saturated heterocycles. The summed E-state index contributed by atoms with van der Waals surface area (Å²) in [5.74, 6) is 1.72. The van der Waals surface area contributed by atoms with Crippen molar-refractivity contribution in [3.63, 3.8) is 0 Å². The zero-order valence-corrected chi connectivity index (χ0v) is 19.8. The van der Waals surface area contributed by atoms with Crippen molar-refractivity contribution in [3.05, 3.63) is 48.5 Å². The topological polar surface area (TPSA) is 93.2 Å². The summed E-state index contributed by atoms with van der Waals surface area (Å²) in [6.45, 7) is 3.42. The third kappa shape index (κ3) is 4.63. The Morgan fingerprint density at radius 2 is 1.53 bits per heavy atom. The van der Waals surface area contributed by atoms with E-state index in [0.29, 0.717) is 30.5 Å². The Labute approximate surface area is 189 Å². The van der Waals surface area contributed by atoms with Crippen molar-refractivity contribution in [2.75, 3.05) is 33.3 Å². The van der Waals surface area contributed by atoms with Gasteiger partial charge in [0.15, 0.2) is 11.5 Å². The lowest BCUT2D eigenvalue weighted by Gasteiger charge is -2.30. The molecule has 1 atom stereocenters. The monoisotopic (exact) mass is 480 g/mol. The van der Waals surface area contributed by atoms with Gasteiger partial charge in [0, 0.05) is 20.1 Å². The van der Waals surface area contributed by atoms with Crippen LogP contribution in [0.25, 0.3) is 0 Å². The van der Waals surface area contributed by atoms with Gasteiger partial charge in [-0.2, -0.15) is 8.61 Å². The molecule has 1 fully saturated rings. The predicted molar refractivity (Wildman–Crippen MR) is 120 cm³/mol. The van der Waals surface area contributed by atoms with Crippen molar-refractivity contribution in [1.29, 1.82) is 0 Å². The van der Waals surface area contributed by atoms with E-state index in [2.05, 4.69) is 6.92 Å². The maximum atomic E-state index is 13.0. The Hall–Kier alpha value is -2.14. The van der Waals surface area contributed by atoms with Crippen LogP contribution in [0.4, 0.5) is 0 Å². The first-order valence-corrected chi connectivity index (χ1v) is 13.5. The van der Waals surface area contributed by atoms with Gasteiger partial charge < -0.3 is 9.47 Å². The Kier molecular flexibility index (Phi) is 6.49. The highest BCUT2D eigenvalue weighted by Gasteiger charge is 2.30. The van der Waals surface area contributed by atoms with Gasteiger partial charge in [0.25, 0.3) is 0 Å². The Morgan fingerprint density at radius 1 is 0.938 bits per heavy atom. The number of piperidine rings is 1. The Morgan fingerprint density at radius 3 is 2.19 bits per heavy atom. The van der Waals surface area contributed by atoms with Crippen LogP contribution in [0.15, 0.2) is 58.3 Å². The molecule has 0 unspecified atom stereocenters. The van der Waals surface area contributed by atoms with Gasteiger partial charge in [-0.3, -0.25) is 0 Å². The minimum atomic E-state index is -3.82. The van der Waals surface area contributed by atoms with Crippen LogP contribution in [0, 0.1) is 5.92 Å². The van der Waals surface area contributed by atoms with E-state index in [1.54, 1.807) is 12.1 Å². The van der Waals surface area contributed by atoms with E-state index in [1.807, 2.05) is 12.1 Å². The lowest BCUT2D eigenvalue weighted by molar-refractivity contribution is 0.0798. The van der Waals surface area contributed by atoms with Crippen LogP contribution in [-0.2, 0) is 20.0 Å². The van der Waals surface area contributed by atoms with Crippen molar-refractivity contribution in [1.82, 2.24) is 8.61 Å². The average molecular weight is 481 g/mol. The number of fused-ring (bicyclic) bond motifs is 1. The summed E-state index contributed by atoms with van der Waals surface area (Å²) in [6, 6.07) is 12.7. The maximum absolute atomic E-state index is 13.0. The first kappa shape index (κ1) is 23.0. The number of para-hydroxylation sites is 2. The second-order valence-electron chi connectivity index (χ2n) is 8.34. The standard InChI is InChI=1S/C22H28N2O6S2/c1-17-11-13-24(14-12-17)32(27,28)20-9-7-19(8-10-20)31(25,26)23(2)15-18-16-29-21-5-3-4-6-22(21)30-18/h3-10,17-18H,11-16H2,1-2H3/t18-/m0/s1. The molecule has 0 radical (unpaired) electrons. The van der Waals surface area contributed by atoms with Crippen molar-refractivity contribution in [2.45, 2.75) is 35.7 Å². The van der Waals surface area contributed by atoms with Crippen molar-refractivity contribution in [3.8, 4) is 11.5 Å². The van der Waals surface area contributed by atoms with Gasteiger partial charge in [-0.25, -0.2) is 16.8 Å². The molecule has 2 aromatic carbocycles. The Bertz CT molecular complexity index is 1160. The van der Waals surface area contributed by atoms with Gasteiger partial charge in [0.2, 0.25) is 20.0 Å². The SMILES string of the molecule is CC1CCN(S(=O)(=O)c2ccc(S(=O)(=O)N(C)C[C@H]3COc4ccccc4O3)cc2)CC1. The summed E-state index contributed by atoms with van der Waals surface area (Å²) in [6.07, 6.45) is 1.20. The summed E-state index contributed by atoms with van der Waals surface area (Å²) in [4.78, 5) is 0.137. The third-order valence-electron chi connectivity index (χ3n) is 5.94. The highest BCUT2D eigenvalue weighted by molar-refractivity contribution is 7.89. The number of hydrogen-bond acceptors (Lipinski definition) is 6. The van der Waals surface area contributed by atoms with Gasteiger partial charge in [-0.15, -0.1) is 0 Å². The molecule has 0 saturated carbocycles. The first-order valence-electron chi connectivity index (χ1n) is 10.6. The molecular formula is C22H28N2O6S2. The lowest BCUT2D eigenvalue weighted by Crippen LogP contribution is -2.41. The highest BCUT2D eigenvalue weighted by Crippen LogP contribution is 2.31.